The number of hydrazone groups is 1. The predicted molar refractivity (Wildman–Crippen MR) is 84.1 cm³/mol. The fourth-order valence-electron chi connectivity index (χ4n) is 1.93. The number of hydrogen-bond acceptors (Lipinski definition) is 6. The second kappa shape index (κ2) is 6.78. The van der Waals surface area contributed by atoms with Crippen LogP contribution in [-0.2, 0) is 0 Å². The van der Waals surface area contributed by atoms with Crippen LogP contribution in [0.5, 0.6) is 11.5 Å². The number of hydrogen-bond donors (Lipinski definition) is 2. The molecule has 0 atom stereocenters. The molecule has 1 heterocycles. The van der Waals surface area contributed by atoms with E-state index in [9.17, 15) is 14.7 Å². The highest BCUT2D eigenvalue weighted by Gasteiger charge is 2.13. The highest BCUT2D eigenvalue weighted by molar-refractivity contribution is 6.02. The van der Waals surface area contributed by atoms with Crippen LogP contribution in [-0.4, -0.2) is 23.8 Å². The number of rotatable bonds is 4. The molecule has 2 N–H and O–H groups in total. The number of ether oxygens (including phenoxy) is 1. The Bertz CT molecular complexity index is 806. The van der Waals surface area contributed by atoms with Gasteiger partial charge in [0.2, 0.25) is 0 Å². The average Bonchev–Trinajstić information content (AvgIpc) is 2.51. The maximum absolute atomic E-state index is 12.0. The third-order valence-corrected chi connectivity index (χ3v) is 3.09. The van der Waals surface area contributed by atoms with Gasteiger partial charge in [-0.2, -0.15) is 5.10 Å². The summed E-state index contributed by atoms with van der Waals surface area (Å²) >= 11 is 0. The topological polar surface area (TPSA) is 101 Å². The molecule has 1 aromatic heterocycles. The van der Waals surface area contributed by atoms with Gasteiger partial charge in [-0.1, -0.05) is 0 Å². The third kappa shape index (κ3) is 3.76. The largest absolute Gasteiger partial charge is 0.507 e. The van der Waals surface area contributed by atoms with Crippen molar-refractivity contribution in [2.24, 2.45) is 5.10 Å². The molecule has 1 amide bonds. The first-order valence-electron chi connectivity index (χ1n) is 6.75. The number of carbonyl (C=O) groups excluding carboxylic acids is 1. The van der Waals surface area contributed by atoms with Gasteiger partial charge in [-0.25, -0.2) is 10.2 Å². The molecular weight excluding hydrogens is 300 g/mol. The molecule has 120 valence electrons. The van der Waals surface area contributed by atoms with Crippen LogP contribution in [0, 0.1) is 6.92 Å². The zero-order valence-electron chi connectivity index (χ0n) is 12.9. The van der Waals surface area contributed by atoms with Crippen molar-refractivity contribution >= 4 is 11.6 Å². The number of benzene rings is 1. The second-order valence-electron chi connectivity index (χ2n) is 4.77. The Hall–Kier alpha value is -3.09. The summed E-state index contributed by atoms with van der Waals surface area (Å²) in [5, 5.41) is 13.6. The third-order valence-electron chi connectivity index (χ3n) is 3.09. The molecule has 0 bridgehead atoms. The van der Waals surface area contributed by atoms with Crippen LogP contribution < -0.4 is 15.8 Å². The van der Waals surface area contributed by atoms with Crippen molar-refractivity contribution in [3.8, 4) is 11.5 Å². The Morgan fingerprint density at radius 3 is 2.52 bits per heavy atom. The Balaban J connectivity index is 2.19. The number of amides is 1. The highest BCUT2D eigenvalue weighted by Crippen LogP contribution is 2.15. The number of aromatic hydroxyl groups is 1. The minimum Gasteiger partial charge on any atom is -0.507 e. The Kier molecular flexibility index (Phi) is 4.80. The molecule has 0 aliphatic heterocycles. The molecule has 0 spiro atoms. The van der Waals surface area contributed by atoms with Gasteiger partial charge in [0.15, 0.2) is 0 Å². The molecule has 23 heavy (non-hydrogen) atoms. The molecule has 0 radical (unpaired) electrons. The lowest BCUT2D eigenvalue weighted by molar-refractivity contribution is 0.0954. The van der Waals surface area contributed by atoms with E-state index in [0.29, 0.717) is 11.3 Å². The van der Waals surface area contributed by atoms with Crippen LogP contribution >= 0.6 is 0 Å². The van der Waals surface area contributed by atoms with E-state index in [2.05, 4.69) is 10.5 Å². The number of methoxy groups -OCH3 is 1. The maximum atomic E-state index is 12.0. The highest BCUT2D eigenvalue weighted by atomic mass is 16.5. The summed E-state index contributed by atoms with van der Waals surface area (Å²) < 4.78 is 9.91. The van der Waals surface area contributed by atoms with Crippen molar-refractivity contribution in [2.45, 2.75) is 13.8 Å². The molecule has 0 saturated carbocycles. The van der Waals surface area contributed by atoms with Crippen LogP contribution in [0.4, 0.5) is 0 Å². The van der Waals surface area contributed by atoms with E-state index < -0.39 is 11.5 Å². The lowest BCUT2D eigenvalue weighted by atomic mass is 10.2. The van der Waals surface area contributed by atoms with Gasteiger partial charge in [0.05, 0.1) is 12.8 Å². The summed E-state index contributed by atoms with van der Waals surface area (Å²) in [4.78, 5) is 23.7. The fourth-order valence-corrected chi connectivity index (χ4v) is 1.93. The van der Waals surface area contributed by atoms with E-state index >= 15 is 0 Å². The van der Waals surface area contributed by atoms with E-state index in [1.807, 2.05) is 0 Å². The van der Waals surface area contributed by atoms with Gasteiger partial charge in [0.1, 0.15) is 22.8 Å². The van der Waals surface area contributed by atoms with E-state index in [1.165, 1.54) is 20.1 Å². The number of aryl methyl sites for hydroxylation is 1. The van der Waals surface area contributed by atoms with Gasteiger partial charge < -0.3 is 14.3 Å². The van der Waals surface area contributed by atoms with Crippen LogP contribution in [0.25, 0.3) is 0 Å². The smallest absolute Gasteiger partial charge is 0.348 e. The molecule has 0 aliphatic rings. The average molecular weight is 316 g/mol. The van der Waals surface area contributed by atoms with Gasteiger partial charge in [0, 0.05) is 11.6 Å². The monoisotopic (exact) mass is 316 g/mol. The summed E-state index contributed by atoms with van der Waals surface area (Å²) in [5.41, 5.74) is 2.02. The summed E-state index contributed by atoms with van der Waals surface area (Å²) in [6.45, 7) is 3.03. The summed E-state index contributed by atoms with van der Waals surface area (Å²) in [7, 11) is 1.53. The molecule has 2 rings (SSSR count). The van der Waals surface area contributed by atoms with Gasteiger partial charge >= 0.3 is 5.63 Å². The minimum atomic E-state index is -0.720. The standard InChI is InChI=1S/C16H16N2O5/c1-9-8-13(19)14(16(21)23-9)10(2)17-18-15(20)11-4-6-12(22-3)7-5-11/h4-8,19H,1-3H3,(H,18,20). The first-order valence-corrected chi connectivity index (χ1v) is 6.75. The minimum absolute atomic E-state index is 0.0920. The Morgan fingerprint density at radius 1 is 1.30 bits per heavy atom. The SMILES string of the molecule is COc1ccc(C(=O)NN=C(C)c2c(O)cc(C)oc2=O)cc1. The zero-order valence-corrected chi connectivity index (χ0v) is 12.9. The normalized spacial score (nSPS) is 11.2. The molecule has 1 aromatic carbocycles. The molecule has 0 aliphatic carbocycles. The molecule has 7 heteroatoms. The van der Waals surface area contributed by atoms with Crippen molar-refractivity contribution in [3.63, 3.8) is 0 Å². The second-order valence-corrected chi connectivity index (χ2v) is 4.77. The Labute approximate surface area is 132 Å². The van der Waals surface area contributed by atoms with Crippen LogP contribution in [0.15, 0.2) is 44.6 Å². The van der Waals surface area contributed by atoms with Gasteiger partial charge in [-0.3, -0.25) is 4.79 Å². The molecule has 0 fully saturated rings. The van der Waals surface area contributed by atoms with Crippen LogP contribution in [0.2, 0.25) is 0 Å². The molecular formula is C16H16N2O5. The Morgan fingerprint density at radius 2 is 1.96 bits per heavy atom. The maximum Gasteiger partial charge on any atom is 0.348 e. The number of carbonyl (C=O) groups is 1. The van der Waals surface area contributed by atoms with Crippen LogP contribution in [0.3, 0.4) is 0 Å². The molecule has 2 aromatic rings. The summed E-state index contributed by atoms with van der Waals surface area (Å²) in [6.07, 6.45) is 0. The quantitative estimate of drug-likeness (QED) is 0.662. The van der Waals surface area contributed by atoms with E-state index in [-0.39, 0.29) is 22.8 Å². The number of nitrogens with zero attached hydrogens (tertiary/aromatic N) is 1. The van der Waals surface area contributed by atoms with Gasteiger partial charge in [0.25, 0.3) is 5.91 Å². The van der Waals surface area contributed by atoms with E-state index in [4.69, 9.17) is 9.15 Å². The zero-order chi connectivity index (χ0) is 17.0. The number of nitrogens with one attached hydrogen (secondary N) is 1. The molecule has 0 saturated heterocycles. The first-order chi connectivity index (χ1) is 10.9. The molecule has 7 nitrogen and oxygen atoms in total. The van der Waals surface area contributed by atoms with Crippen molar-refractivity contribution in [3.05, 3.63) is 57.6 Å². The van der Waals surface area contributed by atoms with E-state index in [1.54, 1.807) is 31.2 Å². The van der Waals surface area contributed by atoms with Gasteiger partial charge in [-0.15, -0.1) is 0 Å². The first kappa shape index (κ1) is 16.3. The van der Waals surface area contributed by atoms with Gasteiger partial charge in [-0.05, 0) is 38.1 Å². The van der Waals surface area contributed by atoms with Crippen molar-refractivity contribution in [2.75, 3.05) is 7.11 Å². The fraction of sp³-hybridized carbons (Fsp3) is 0.188. The van der Waals surface area contributed by atoms with Crippen molar-refractivity contribution in [1.29, 1.82) is 0 Å². The predicted octanol–water partition coefficient (Wildman–Crippen LogP) is 1.82. The lowest BCUT2D eigenvalue weighted by Crippen LogP contribution is -2.21. The summed E-state index contributed by atoms with van der Waals surface area (Å²) in [6, 6.07) is 7.76. The van der Waals surface area contributed by atoms with Crippen molar-refractivity contribution < 1.29 is 19.1 Å². The van der Waals surface area contributed by atoms with E-state index in [0.717, 1.165) is 0 Å². The van der Waals surface area contributed by atoms with Crippen molar-refractivity contribution in [1.82, 2.24) is 5.43 Å². The molecule has 0 unspecified atom stereocenters. The van der Waals surface area contributed by atoms with Crippen LogP contribution in [0.1, 0.15) is 28.6 Å². The lowest BCUT2D eigenvalue weighted by Gasteiger charge is -2.05. The summed E-state index contributed by atoms with van der Waals surface area (Å²) in [5.74, 6) is 0.205.